The van der Waals surface area contributed by atoms with Gasteiger partial charge < -0.3 is 14.8 Å². The van der Waals surface area contributed by atoms with Crippen LogP contribution in [0.5, 0.6) is 11.5 Å². The van der Waals surface area contributed by atoms with Gasteiger partial charge in [-0.1, -0.05) is 13.8 Å². The topological polar surface area (TPSA) is 30.5 Å². The normalized spacial score (nSPS) is 13.0. The molecule has 0 spiro atoms. The van der Waals surface area contributed by atoms with E-state index in [1.54, 1.807) is 14.2 Å². The van der Waals surface area contributed by atoms with E-state index in [2.05, 4.69) is 38.4 Å². The Labute approximate surface area is 133 Å². The Bertz CT molecular complexity index is 425. The van der Waals surface area contributed by atoms with E-state index in [1.807, 2.05) is 23.9 Å². The molecule has 0 bridgehead atoms. The molecule has 0 saturated heterocycles. The van der Waals surface area contributed by atoms with Gasteiger partial charge in [0.25, 0.3) is 0 Å². The Balaban J connectivity index is 2.85. The van der Waals surface area contributed by atoms with Crippen LogP contribution in [0.3, 0.4) is 0 Å². The summed E-state index contributed by atoms with van der Waals surface area (Å²) in [7, 11) is 3.40. The molecule has 0 aliphatic rings. The molecule has 1 unspecified atom stereocenters. The molecular formula is C17H29NO2S. The van der Waals surface area contributed by atoms with Gasteiger partial charge in [0, 0.05) is 22.9 Å². The van der Waals surface area contributed by atoms with Crippen LogP contribution < -0.4 is 14.8 Å². The van der Waals surface area contributed by atoms with Gasteiger partial charge >= 0.3 is 0 Å². The molecule has 0 aromatic heterocycles. The first-order valence-corrected chi connectivity index (χ1v) is 8.78. The highest BCUT2D eigenvalue weighted by atomic mass is 32.2. The van der Waals surface area contributed by atoms with Crippen LogP contribution in [-0.4, -0.2) is 31.8 Å². The quantitative estimate of drug-likeness (QED) is 0.737. The van der Waals surface area contributed by atoms with Crippen molar-refractivity contribution in [3.8, 4) is 11.5 Å². The second-order valence-electron chi connectivity index (χ2n) is 5.30. The molecule has 0 aliphatic heterocycles. The van der Waals surface area contributed by atoms with E-state index in [9.17, 15) is 0 Å². The smallest absolute Gasteiger partial charge is 0.123 e. The maximum Gasteiger partial charge on any atom is 0.123 e. The second-order valence-corrected chi connectivity index (χ2v) is 6.58. The lowest BCUT2D eigenvalue weighted by Crippen LogP contribution is -2.37. The van der Waals surface area contributed by atoms with E-state index >= 15 is 0 Å². The molecule has 0 heterocycles. The number of methoxy groups -OCH3 is 2. The average molecular weight is 311 g/mol. The molecule has 0 aliphatic carbocycles. The summed E-state index contributed by atoms with van der Waals surface area (Å²) in [6.07, 6.45) is 4.53. The highest BCUT2D eigenvalue weighted by Gasteiger charge is 2.25. The molecule has 0 saturated carbocycles. The Morgan fingerprint density at radius 2 is 1.86 bits per heavy atom. The van der Waals surface area contributed by atoms with Crippen LogP contribution in [0.15, 0.2) is 18.2 Å². The molecule has 1 aromatic carbocycles. The summed E-state index contributed by atoms with van der Waals surface area (Å²) in [5.41, 5.74) is 1.14. The van der Waals surface area contributed by atoms with Gasteiger partial charge in [-0.25, -0.2) is 0 Å². The molecule has 0 radical (unpaired) electrons. The Kier molecular flexibility index (Phi) is 7.40. The van der Waals surface area contributed by atoms with Gasteiger partial charge in [-0.2, -0.15) is 11.8 Å². The van der Waals surface area contributed by atoms with Gasteiger partial charge in [-0.3, -0.25) is 0 Å². The number of hydrogen-bond acceptors (Lipinski definition) is 4. The summed E-state index contributed by atoms with van der Waals surface area (Å²) < 4.78 is 11.1. The highest BCUT2D eigenvalue weighted by Crippen LogP contribution is 2.32. The summed E-state index contributed by atoms with van der Waals surface area (Å²) in [6, 6.07) is 6.17. The molecule has 1 atom stereocenters. The Morgan fingerprint density at radius 1 is 1.19 bits per heavy atom. The average Bonchev–Trinajstić information content (AvgIpc) is 2.55. The van der Waals surface area contributed by atoms with Crippen molar-refractivity contribution in [3.05, 3.63) is 23.8 Å². The first-order valence-electron chi connectivity index (χ1n) is 7.56. The third kappa shape index (κ3) is 4.55. The van der Waals surface area contributed by atoms with E-state index in [4.69, 9.17) is 9.47 Å². The number of nitrogens with one attached hydrogen (secondary N) is 1. The third-order valence-corrected chi connectivity index (χ3v) is 5.94. The SMILES string of the molecule is CCC(CC)(CNC(C)c1cc(OC)ccc1OC)SC. The van der Waals surface area contributed by atoms with Crippen LogP contribution in [0.2, 0.25) is 0 Å². The van der Waals surface area contributed by atoms with Gasteiger partial charge in [-0.05, 0) is 44.2 Å². The molecule has 1 N–H and O–H groups in total. The fourth-order valence-electron chi connectivity index (χ4n) is 2.49. The van der Waals surface area contributed by atoms with E-state index in [0.29, 0.717) is 4.75 Å². The predicted molar refractivity (Wildman–Crippen MR) is 92.8 cm³/mol. The second kappa shape index (κ2) is 8.54. The van der Waals surface area contributed by atoms with Crippen LogP contribution >= 0.6 is 11.8 Å². The summed E-state index contributed by atoms with van der Waals surface area (Å²) >= 11 is 1.95. The summed E-state index contributed by atoms with van der Waals surface area (Å²) in [5, 5.41) is 3.66. The standard InChI is InChI=1S/C17H29NO2S/c1-7-17(8-2,21-6)12-18-13(3)15-11-14(19-4)9-10-16(15)20-5/h9-11,13,18H,7-8,12H2,1-6H3. The minimum atomic E-state index is 0.222. The minimum absolute atomic E-state index is 0.222. The molecule has 120 valence electrons. The first kappa shape index (κ1) is 18.2. The fraction of sp³-hybridized carbons (Fsp3) is 0.647. The maximum absolute atomic E-state index is 5.48. The van der Waals surface area contributed by atoms with E-state index in [0.717, 1.165) is 23.6 Å². The minimum Gasteiger partial charge on any atom is -0.497 e. The Morgan fingerprint density at radius 3 is 2.33 bits per heavy atom. The number of rotatable bonds is 9. The zero-order valence-electron chi connectivity index (χ0n) is 14.2. The predicted octanol–water partition coefficient (Wildman–Crippen LogP) is 4.28. The van der Waals surface area contributed by atoms with Gasteiger partial charge in [0.15, 0.2) is 0 Å². The van der Waals surface area contributed by atoms with Crippen LogP contribution in [0.25, 0.3) is 0 Å². The van der Waals surface area contributed by atoms with Crippen molar-refractivity contribution < 1.29 is 9.47 Å². The van der Waals surface area contributed by atoms with Gasteiger partial charge in [-0.15, -0.1) is 0 Å². The number of hydrogen-bond donors (Lipinski definition) is 1. The van der Waals surface area contributed by atoms with Gasteiger partial charge in [0.2, 0.25) is 0 Å². The lowest BCUT2D eigenvalue weighted by atomic mass is 10.0. The molecule has 4 heteroatoms. The zero-order chi connectivity index (χ0) is 15.9. The molecule has 0 fully saturated rings. The fourth-order valence-corrected chi connectivity index (χ4v) is 3.29. The lowest BCUT2D eigenvalue weighted by molar-refractivity contribution is 0.387. The largest absolute Gasteiger partial charge is 0.497 e. The van der Waals surface area contributed by atoms with Crippen molar-refractivity contribution in [3.63, 3.8) is 0 Å². The zero-order valence-corrected chi connectivity index (χ0v) is 15.0. The molecule has 1 rings (SSSR count). The van der Waals surface area contributed by atoms with Gasteiger partial charge in [0.1, 0.15) is 11.5 Å². The molecule has 21 heavy (non-hydrogen) atoms. The number of ether oxygens (including phenoxy) is 2. The highest BCUT2D eigenvalue weighted by molar-refractivity contribution is 8.00. The van der Waals surface area contributed by atoms with E-state index in [1.165, 1.54) is 12.8 Å². The van der Waals surface area contributed by atoms with Crippen LogP contribution in [0.4, 0.5) is 0 Å². The van der Waals surface area contributed by atoms with Gasteiger partial charge in [0.05, 0.1) is 14.2 Å². The van der Waals surface area contributed by atoms with Crippen LogP contribution in [0.1, 0.15) is 45.2 Å². The number of thioether (sulfide) groups is 1. The molecule has 3 nitrogen and oxygen atoms in total. The van der Waals surface area contributed by atoms with Crippen molar-refractivity contribution >= 4 is 11.8 Å². The van der Waals surface area contributed by atoms with Crippen molar-refractivity contribution in [2.75, 3.05) is 27.0 Å². The summed E-state index contributed by atoms with van der Waals surface area (Å²) in [6.45, 7) is 7.69. The maximum atomic E-state index is 5.48. The molecule has 0 amide bonds. The van der Waals surface area contributed by atoms with Crippen molar-refractivity contribution in [1.82, 2.24) is 5.32 Å². The number of benzene rings is 1. The van der Waals surface area contributed by atoms with E-state index < -0.39 is 0 Å². The van der Waals surface area contributed by atoms with Crippen molar-refractivity contribution in [2.45, 2.75) is 44.4 Å². The third-order valence-electron chi connectivity index (χ3n) is 4.36. The van der Waals surface area contributed by atoms with E-state index in [-0.39, 0.29) is 6.04 Å². The summed E-state index contributed by atoms with van der Waals surface area (Å²) in [4.78, 5) is 0. The lowest BCUT2D eigenvalue weighted by Gasteiger charge is -2.32. The van der Waals surface area contributed by atoms with Crippen molar-refractivity contribution in [1.29, 1.82) is 0 Å². The monoisotopic (exact) mass is 311 g/mol. The molecular weight excluding hydrogens is 282 g/mol. The first-order chi connectivity index (χ1) is 10.1. The van der Waals surface area contributed by atoms with Crippen LogP contribution in [-0.2, 0) is 0 Å². The van der Waals surface area contributed by atoms with Crippen LogP contribution in [0, 0.1) is 0 Å². The summed E-state index contributed by atoms with van der Waals surface area (Å²) in [5.74, 6) is 1.76. The van der Waals surface area contributed by atoms with Crippen molar-refractivity contribution in [2.24, 2.45) is 0 Å². The molecule has 1 aromatic rings. The Hall–Kier alpha value is -0.870.